The summed E-state index contributed by atoms with van der Waals surface area (Å²) in [5.74, 6) is 0.339. The average molecular weight is 394 g/mol. The summed E-state index contributed by atoms with van der Waals surface area (Å²) < 4.78 is 0. The summed E-state index contributed by atoms with van der Waals surface area (Å²) in [7, 11) is 0. The first-order valence-electron chi connectivity index (χ1n) is 12.7. The Balaban J connectivity index is 3.21. The molecular weight excluding hydrogens is 342 g/mol. The van der Waals surface area contributed by atoms with Crippen molar-refractivity contribution in [3.8, 4) is 0 Å². The number of carbonyl (C=O) groups excluding carboxylic acids is 1. The molecule has 0 unspecified atom stereocenters. The lowest BCUT2D eigenvalue weighted by Crippen LogP contribution is -2.30. The van der Waals surface area contributed by atoms with Gasteiger partial charge in [0.2, 0.25) is 5.91 Å². The molecule has 0 aromatic carbocycles. The SMILES string of the molecule is CCCCCCCC/C=C\CCCCCCCCCCCC(=O)N(CC)CC. The topological polar surface area (TPSA) is 20.3 Å². The molecule has 0 heterocycles. The molecule has 0 saturated heterocycles. The van der Waals surface area contributed by atoms with Crippen molar-refractivity contribution >= 4 is 5.91 Å². The molecule has 0 aliphatic rings. The first-order valence-corrected chi connectivity index (χ1v) is 12.7. The van der Waals surface area contributed by atoms with Gasteiger partial charge in [-0.2, -0.15) is 0 Å². The van der Waals surface area contributed by atoms with Crippen molar-refractivity contribution < 1.29 is 4.79 Å². The van der Waals surface area contributed by atoms with Gasteiger partial charge in [-0.15, -0.1) is 0 Å². The van der Waals surface area contributed by atoms with Crippen molar-refractivity contribution in [1.29, 1.82) is 0 Å². The van der Waals surface area contributed by atoms with Gasteiger partial charge in [-0.3, -0.25) is 4.79 Å². The monoisotopic (exact) mass is 393 g/mol. The highest BCUT2D eigenvalue weighted by molar-refractivity contribution is 5.75. The van der Waals surface area contributed by atoms with Crippen LogP contribution in [-0.2, 0) is 4.79 Å². The highest BCUT2D eigenvalue weighted by Crippen LogP contribution is 2.12. The van der Waals surface area contributed by atoms with E-state index >= 15 is 0 Å². The van der Waals surface area contributed by atoms with E-state index in [0.717, 1.165) is 25.9 Å². The van der Waals surface area contributed by atoms with Crippen LogP contribution in [0.2, 0.25) is 0 Å². The van der Waals surface area contributed by atoms with Crippen LogP contribution in [0.3, 0.4) is 0 Å². The summed E-state index contributed by atoms with van der Waals surface area (Å²) in [6, 6.07) is 0. The molecule has 0 spiro atoms. The minimum absolute atomic E-state index is 0.339. The molecule has 0 aromatic heterocycles. The molecule has 28 heavy (non-hydrogen) atoms. The maximum absolute atomic E-state index is 11.9. The lowest BCUT2D eigenvalue weighted by Gasteiger charge is -2.18. The van der Waals surface area contributed by atoms with Crippen molar-refractivity contribution in [1.82, 2.24) is 4.90 Å². The van der Waals surface area contributed by atoms with E-state index in [-0.39, 0.29) is 0 Å². The van der Waals surface area contributed by atoms with E-state index in [1.807, 2.05) is 4.90 Å². The highest BCUT2D eigenvalue weighted by atomic mass is 16.2. The molecule has 2 nitrogen and oxygen atoms in total. The Morgan fingerprint density at radius 1 is 0.571 bits per heavy atom. The van der Waals surface area contributed by atoms with Gasteiger partial charge in [-0.25, -0.2) is 0 Å². The smallest absolute Gasteiger partial charge is 0.222 e. The van der Waals surface area contributed by atoms with E-state index in [1.165, 1.54) is 103 Å². The Morgan fingerprint density at radius 2 is 0.964 bits per heavy atom. The summed E-state index contributed by atoms with van der Waals surface area (Å²) in [6.45, 7) is 8.11. The minimum atomic E-state index is 0.339. The number of carbonyl (C=O) groups is 1. The molecular formula is C26H51NO. The van der Waals surface area contributed by atoms with E-state index in [0.29, 0.717) is 5.91 Å². The zero-order valence-electron chi connectivity index (χ0n) is 19.7. The second-order valence-electron chi connectivity index (χ2n) is 8.31. The molecule has 0 saturated carbocycles. The number of rotatable bonds is 21. The Morgan fingerprint density at radius 3 is 1.39 bits per heavy atom. The first kappa shape index (κ1) is 27.2. The normalized spacial score (nSPS) is 11.4. The number of allylic oxidation sites excluding steroid dienone is 2. The average Bonchev–Trinajstić information content (AvgIpc) is 2.70. The summed E-state index contributed by atoms with van der Waals surface area (Å²) in [5, 5.41) is 0. The van der Waals surface area contributed by atoms with Crippen LogP contribution >= 0.6 is 0 Å². The number of unbranched alkanes of at least 4 members (excludes halogenated alkanes) is 15. The number of amides is 1. The molecule has 0 aliphatic heterocycles. The molecule has 0 aromatic rings. The van der Waals surface area contributed by atoms with Gasteiger partial charge >= 0.3 is 0 Å². The zero-order valence-corrected chi connectivity index (χ0v) is 19.7. The molecule has 0 rings (SSSR count). The van der Waals surface area contributed by atoms with E-state index in [2.05, 4.69) is 32.9 Å². The zero-order chi connectivity index (χ0) is 20.7. The van der Waals surface area contributed by atoms with Crippen molar-refractivity contribution in [2.45, 2.75) is 136 Å². The standard InChI is InChI=1S/C26H51NO/c1-4-7-8-9-10-11-12-13-14-15-16-17-18-19-20-21-22-23-24-25-26(28)27(5-2)6-3/h13-14H,4-12,15-25H2,1-3H3/b14-13-. The molecule has 0 N–H and O–H groups in total. The van der Waals surface area contributed by atoms with Gasteiger partial charge in [0, 0.05) is 19.5 Å². The largest absolute Gasteiger partial charge is 0.343 e. The van der Waals surface area contributed by atoms with Crippen molar-refractivity contribution in [3.05, 3.63) is 12.2 Å². The van der Waals surface area contributed by atoms with Crippen LogP contribution in [-0.4, -0.2) is 23.9 Å². The predicted octanol–water partition coefficient (Wildman–Crippen LogP) is 8.45. The summed E-state index contributed by atoms with van der Waals surface area (Å²) in [5.41, 5.74) is 0. The Hall–Kier alpha value is -0.790. The molecule has 0 atom stereocenters. The van der Waals surface area contributed by atoms with Crippen LogP contribution in [0.5, 0.6) is 0 Å². The maximum atomic E-state index is 11.9. The quantitative estimate of drug-likeness (QED) is 0.141. The Kier molecular flexibility index (Phi) is 21.9. The van der Waals surface area contributed by atoms with Crippen LogP contribution in [0.1, 0.15) is 136 Å². The van der Waals surface area contributed by atoms with E-state index in [9.17, 15) is 4.79 Å². The third-order valence-corrected chi connectivity index (χ3v) is 5.77. The first-order chi connectivity index (χ1) is 13.8. The highest BCUT2D eigenvalue weighted by Gasteiger charge is 2.07. The summed E-state index contributed by atoms with van der Waals surface area (Å²) >= 11 is 0. The lowest BCUT2D eigenvalue weighted by atomic mass is 10.1. The number of hydrogen-bond acceptors (Lipinski definition) is 1. The van der Waals surface area contributed by atoms with Gasteiger partial charge in [0.25, 0.3) is 0 Å². The summed E-state index contributed by atoms with van der Waals surface area (Å²) in [4.78, 5) is 13.9. The van der Waals surface area contributed by atoms with Gasteiger partial charge in [0.05, 0.1) is 0 Å². The third kappa shape index (κ3) is 18.6. The Bertz CT molecular complexity index is 346. The van der Waals surface area contributed by atoms with E-state index < -0.39 is 0 Å². The molecule has 1 amide bonds. The van der Waals surface area contributed by atoms with Crippen LogP contribution < -0.4 is 0 Å². The number of nitrogens with zero attached hydrogens (tertiary/aromatic N) is 1. The fourth-order valence-corrected chi connectivity index (χ4v) is 3.79. The van der Waals surface area contributed by atoms with E-state index in [4.69, 9.17) is 0 Å². The van der Waals surface area contributed by atoms with Crippen LogP contribution in [0.25, 0.3) is 0 Å². The molecule has 0 fully saturated rings. The van der Waals surface area contributed by atoms with Crippen molar-refractivity contribution in [2.24, 2.45) is 0 Å². The summed E-state index contributed by atoms with van der Waals surface area (Å²) in [6.07, 6.45) is 28.4. The van der Waals surface area contributed by atoms with Gasteiger partial charge in [0.15, 0.2) is 0 Å². The van der Waals surface area contributed by atoms with Gasteiger partial charge in [-0.1, -0.05) is 96.1 Å². The molecule has 166 valence electrons. The van der Waals surface area contributed by atoms with Gasteiger partial charge < -0.3 is 4.90 Å². The van der Waals surface area contributed by atoms with Crippen molar-refractivity contribution in [2.75, 3.05) is 13.1 Å². The fourth-order valence-electron chi connectivity index (χ4n) is 3.79. The van der Waals surface area contributed by atoms with Gasteiger partial charge in [0.1, 0.15) is 0 Å². The van der Waals surface area contributed by atoms with Gasteiger partial charge in [-0.05, 0) is 46.0 Å². The molecule has 0 bridgehead atoms. The van der Waals surface area contributed by atoms with Crippen LogP contribution in [0.4, 0.5) is 0 Å². The molecule has 0 radical (unpaired) electrons. The van der Waals surface area contributed by atoms with E-state index in [1.54, 1.807) is 0 Å². The fraction of sp³-hybridized carbons (Fsp3) is 0.885. The van der Waals surface area contributed by atoms with Crippen molar-refractivity contribution in [3.63, 3.8) is 0 Å². The minimum Gasteiger partial charge on any atom is -0.343 e. The van der Waals surface area contributed by atoms with Crippen LogP contribution in [0.15, 0.2) is 12.2 Å². The lowest BCUT2D eigenvalue weighted by molar-refractivity contribution is -0.130. The molecule has 2 heteroatoms. The molecule has 0 aliphatic carbocycles. The Labute approximate surface area is 177 Å². The maximum Gasteiger partial charge on any atom is 0.222 e. The second kappa shape index (κ2) is 22.5. The number of hydrogen-bond donors (Lipinski definition) is 0. The third-order valence-electron chi connectivity index (χ3n) is 5.77. The predicted molar refractivity (Wildman–Crippen MR) is 126 cm³/mol. The van der Waals surface area contributed by atoms with Crippen LogP contribution in [0, 0.1) is 0 Å². The second-order valence-corrected chi connectivity index (χ2v) is 8.31.